The molecule has 0 spiro atoms. The highest BCUT2D eigenvalue weighted by Crippen LogP contribution is 2.31. The molecule has 0 atom stereocenters. The zero-order valence-corrected chi connectivity index (χ0v) is 8.81. The Morgan fingerprint density at radius 1 is 1.56 bits per heavy atom. The molecule has 2 rings (SSSR count). The van der Waals surface area contributed by atoms with Crippen LogP contribution in [0.15, 0.2) is 18.3 Å². The van der Waals surface area contributed by atoms with Crippen molar-refractivity contribution in [3.63, 3.8) is 0 Å². The highest BCUT2D eigenvalue weighted by molar-refractivity contribution is 5.86. The first-order chi connectivity index (χ1) is 7.59. The maximum atomic E-state index is 10.7. The number of nitrogens with zero attached hydrogens (tertiary/aromatic N) is 1. The van der Waals surface area contributed by atoms with E-state index in [4.69, 9.17) is 5.11 Å². The van der Waals surface area contributed by atoms with Crippen LogP contribution in [0.4, 0.5) is 5.69 Å². The lowest BCUT2D eigenvalue weighted by Gasteiger charge is -2.36. The van der Waals surface area contributed by atoms with Crippen LogP contribution in [-0.4, -0.2) is 33.3 Å². The Bertz CT molecular complexity index is 402. The number of hydrogen-bond donors (Lipinski definition) is 3. The number of aliphatic hydroxyl groups is 1. The van der Waals surface area contributed by atoms with Crippen molar-refractivity contribution in [2.75, 3.05) is 11.9 Å². The number of carboxylic acid groups (broad SMARTS) is 1. The molecule has 1 heterocycles. The summed E-state index contributed by atoms with van der Waals surface area (Å²) in [6, 6.07) is 3.15. The van der Waals surface area contributed by atoms with Crippen LogP contribution in [0.5, 0.6) is 0 Å². The molecular weight excluding hydrogens is 208 g/mol. The first kappa shape index (κ1) is 10.9. The van der Waals surface area contributed by atoms with Crippen molar-refractivity contribution in [1.29, 1.82) is 0 Å². The number of hydrogen-bond acceptors (Lipinski definition) is 4. The summed E-state index contributed by atoms with van der Waals surface area (Å²) in [6.07, 6.45) is 4.10. The molecule has 5 heteroatoms. The Labute approximate surface area is 93.1 Å². The van der Waals surface area contributed by atoms with E-state index in [0.29, 0.717) is 12.2 Å². The van der Waals surface area contributed by atoms with Gasteiger partial charge in [0.1, 0.15) is 5.69 Å². The van der Waals surface area contributed by atoms with Crippen LogP contribution in [0.2, 0.25) is 0 Å². The smallest absolute Gasteiger partial charge is 0.354 e. The molecule has 0 aliphatic heterocycles. The summed E-state index contributed by atoms with van der Waals surface area (Å²) in [6.45, 7) is 0.454. The Morgan fingerprint density at radius 2 is 2.31 bits per heavy atom. The molecule has 1 aromatic rings. The van der Waals surface area contributed by atoms with Gasteiger partial charge in [-0.1, -0.05) is 0 Å². The summed E-state index contributed by atoms with van der Waals surface area (Å²) in [7, 11) is 0. The predicted octanol–water partition coefficient (Wildman–Crippen LogP) is 1.11. The minimum Gasteiger partial charge on any atom is -0.477 e. The van der Waals surface area contributed by atoms with Crippen LogP contribution >= 0.6 is 0 Å². The Kier molecular flexibility index (Phi) is 2.78. The zero-order chi connectivity index (χ0) is 11.6. The molecule has 1 aromatic heterocycles. The molecule has 0 bridgehead atoms. The normalized spacial score (nSPS) is 17.6. The van der Waals surface area contributed by atoms with Crippen LogP contribution < -0.4 is 5.32 Å². The molecule has 1 aliphatic carbocycles. The Hall–Kier alpha value is -1.62. The van der Waals surface area contributed by atoms with Gasteiger partial charge in [-0.3, -0.25) is 0 Å². The summed E-state index contributed by atoms with van der Waals surface area (Å²) in [4.78, 5) is 14.4. The summed E-state index contributed by atoms with van der Waals surface area (Å²) in [5.74, 6) is -1.05. The quantitative estimate of drug-likeness (QED) is 0.710. The van der Waals surface area contributed by atoms with Crippen LogP contribution in [0.3, 0.4) is 0 Å². The predicted molar refractivity (Wildman–Crippen MR) is 58.5 cm³/mol. The highest BCUT2D eigenvalue weighted by Gasteiger charge is 2.33. The molecule has 0 radical (unpaired) electrons. The lowest BCUT2D eigenvalue weighted by atomic mass is 9.80. The van der Waals surface area contributed by atoms with Crippen LogP contribution in [0, 0.1) is 0 Å². The number of pyridine rings is 1. The van der Waals surface area contributed by atoms with Gasteiger partial charge in [0.15, 0.2) is 0 Å². The summed E-state index contributed by atoms with van der Waals surface area (Å²) < 4.78 is 0. The van der Waals surface area contributed by atoms with Crippen LogP contribution in [0.1, 0.15) is 29.8 Å². The maximum Gasteiger partial charge on any atom is 0.354 e. The Morgan fingerprint density at radius 3 is 2.88 bits per heavy atom. The lowest BCUT2D eigenvalue weighted by Crippen LogP contribution is -2.43. The third-order valence-corrected chi connectivity index (χ3v) is 2.88. The van der Waals surface area contributed by atoms with Gasteiger partial charge in [0.05, 0.1) is 5.60 Å². The van der Waals surface area contributed by atoms with Crippen LogP contribution in [0.25, 0.3) is 0 Å². The maximum absolute atomic E-state index is 10.7. The second-order valence-corrected chi connectivity index (χ2v) is 4.17. The summed E-state index contributed by atoms with van der Waals surface area (Å²) >= 11 is 0. The number of nitrogens with one attached hydrogen (secondary N) is 1. The fourth-order valence-corrected chi connectivity index (χ4v) is 1.69. The molecular formula is C11H14N2O3. The molecule has 5 nitrogen and oxygen atoms in total. The standard InChI is InChI=1S/C11H14N2O3/c14-10(15)9-6-8(2-5-12-9)13-7-11(16)3-1-4-11/h2,5-6,16H,1,3-4,7H2,(H,12,13)(H,14,15). The van der Waals surface area contributed by atoms with Crippen molar-refractivity contribution in [2.45, 2.75) is 24.9 Å². The van der Waals surface area contributed by atoms with Crippen LogP contribution in [-0.2, 0) is 0 Å². The van der Waals surface area contributed by atoms with E-state index in [9.17, 15) is 9.90 Å². The van der Waals surface area contributed by atoms with E-state index in [1.54, 1.807) is 6.07 Å². The van der Waals surface area contributed by atoms with E-state index in [1.165, 1.54) is 12.3 Å². The molecule has 3 N–H and O–H groups in total. The van der Waals surface area contributed by atoms with Gasteiger partial charge in [-0.2, -0.15) is 0 Å². The van der Waals surface area contributed by atoms with E-state index in [1.807, 2.05) is 0 Å². The van der Waals surface area contributed by atoms with Gasteiger partial charge in [-0.05, 0) is 31.4 Å². The fraction of sp³-hybridized carbons (Fsp3) is 0.455. The molecule has 0 aromatic carbocycles. The number of carboxylic acids is 1. The molecule has 1 saturated carbocycles. The second kappa shape index (κ2) is 4.09. The third-order valence-electron chi connectivity index (χ3n) is 2.88. The third kappa shape index (κ3) is 2.30. The molecule has 0 unspecified atom stereocenters. The summed E-state index contributed by atoms with van der Waals surface area (Å²) in [5, 5.41) is 21.6. The van der Waals surface area contributed by atoms with Crippen molar-refractivity contribution < 1.29 is 15.0 Å². The van der Waals surface area contributed by atoms with Gasteiger partial charge in [0.25, 0.3) is 0 Å². The average molecular weight is 222 g/mol. The molecule has 86 valence electrons. The zero-order valence-electron chi connectivity index (χ0n) is 8.81. The summed E-state index contributed by atoms with van der Waals surface area (Å²) in [5.41, 5.74) is 0.0606. The first-order valence-corrected chi connectivity index (χ1v) is 5.25. The number of anilines is 1. The number of carbonyl (C=O) groups is 1. The Balaban J connectivity index is 1.98. The molecule has 1 aliphatic rings. The monoisotopic (exact) mass is 222 g/mol. The van der Waals surface area contributed by atoms with Gasteiger partial charge >= 0.3 is 5.97 Å². The minimum absolute atomic E-state index is 0.00518. The van der Waals surface area contributed by atoms with Crippen molar-refractivity contribution in [3.05, 3.63) is 24.0 Å². The minimum atomic E-state index is -1.05. The molecule has 1 fully saturated rings. The van der Waals surface area contributed by atoms with Gasteiger partial charge in [-0.25, -0.2) is 9.78 Å². The van der Waals surface area contributed by atoms with E-state index in [-0.39, 0.29) is 5.69 Å². The van der Waals surface area contributed by atoms with Crippen molar-refractivity contribution in [2.24, 2.45) is 0 Å². The number of aromatic carboxylic acids is 1. The average Bonchev–Trinajstić information content (AvgIpc) is 2.24. The van der Waals surface area contributed by atoms with E-state index < -0.39 is 11.6 Å². The van der Waals surface area contributed by atoms with E-state index >= 15 is 0 Å². The van der Waals surface area contributed by atoms with Gasteiger partial charge in [-0.15, -0.1) is 0 Å². The lowest BCUT2D eigenvalue weighted by molar-refractivity contribution is -0.0201. The fourth-order valence-electron chi connectivity index (χ4n) is 1.69. The van der Waals surface area contributed by atoms with Crippen molar-refractivity contribution in [3.8, 4) is 0 Å². The highest BCUT2D eigenvalue weighted by atomic mass is 16.4. The molecule has 0 amide bonds. The van der Waals surface area contributed by atoms with Crippen molar-refractivity contribution in [1.82, 2.24) is 4.98 Å². The SMILES string of the molecule is O=C(O)c1cc(NCC2(O)CCC2)ccn1. The van der Waals surface area contributed by atoms with Gasteiger partial charge < -0.3 is 15.5 Å². The number of rotatable bonds is 4. The first-order valence-electron chi connectivity index (χ1n) is 5.25. The topological polar surface area (TPSA) is 82.5 Å². The second-order valence-electron chi connectivity index (χ2n) is 4.17. The van der Waals surface area contributed by atoms with E-state index in [2.05, 4.69) is 10.3 Å². The molecule has 16 heavy (non-hydrogen) atoms. The van der Waals surface area contributed by atoms with Crippen molar-refractivity contribution >= 4 is 11.7 Å². The van der Waals surface area contributed by atoms with Gasteiger partial charge in [0, 0.05) is 18.4 Å². The molecule has 0 saturated heterocycles. The van der Waals surface area contributed by atoms with E-state index in [0.717, 1.165) is 19.3 Å². The largest absolute Gasteiger partial charge is 0.477 e. The van der Waals surface area contributed by atoms with Gasteiger partial charge in [0.2, 0.25) is 0 Å². The number of aromatic nitrogens is 1.